The number of sulfonamides is 1. The van der Waals surface area contributed by atoms with Gasteiger partial charge in [-0.1, -0.05) is 19.1 Å². The Labute approximate surface area is 148 Å². The van der Waals surface area contributed by atoms with Gasteiger partial charge in [0.1, 0.15) is 0 Å². The molecule has 0 aromatic heterocycles. The number of hydrogen-bond acceptors (Lipinski definition) is 5. The molecule has 0 aliphatic heterocycles. The molecule has 1 amide bonds. The van der Waals surface area contributed by atoms with Crippen molar-refractivity contribution in [3.05, 3.63) is 55.1 Å². The van der Waals surface area contributed by atoms with Crippen molar-refractivity contribution in [2.45, 2.75) is 11.8 Å². The smallest absolute Gasteiger partial charge is 0.338 e. The van der Waals surface area contributed by atoms with E-state index in [0.29, 0.717) is 13.1 Å². The Bertz CT molecular complexity index is 716. The van der Waals surface area contributed by atoms with Gasteiger partial charge in [-0.2, -0.15) is 0 Å². The van der Waals surface area contributed by atoms with Gasteiger partial charge in [-0.05, 0) is 24.3 Å². The molecule has 136 valence electrons. The summed E-state index contributed by atoms with van der Waals surface area (Å²) in [5.41, 5.74) is 0.155. The maximum atomic E-state index is 12.0. The summed E-state index contributed by atoms with van der Waals surface area (Å²) in [5.74, 6) is -1.09. The molecule has 0 saturated heterocycles. The largest absolute Gasteiger partial charge is 0.452 e. The number of hydrogen-bond donors (Lipinski definition) is 1. The molecular weight excluding hydrogens is 344 g/mol. The summed E-state index contributed by atoms with van der Waals surface area (Å²) in [6, 6.07) is 5.28. The third kappa shape index (κ3) is 6.17. The molecule has 0 fully saturated rings. The number of nitrogens with zero attached hydrogens (tertiary/aromatic N) is 1. The SMILES string of the molecule is C=CCN(CC=C)C(=O)COC(=O)c1ccc(S(=O)(=O)NCC)cc1. The Morgan fingerprint density at radius 1 is 1.16 bits per heavy atom. The Morgan fingerprint density at radius 3 is 2.20 bits per heavy atom. The molecule has 0 spiro atoms. The number of esters is 1. The van der Waals surface area contributed by atoms with E-state index in [2.05, 4.69) is 17.9 Å². The van der Waals surface area contributed by atoms with Gasteiger partial charge in [0.15, 0.2) is 6.61 Å². The number of nitrogens with one attached hydrogen (secondary N) is 1. The molecule has 8 heteroatoms. The highest BCUT2D eigenvalue weighted by Crippen LogP contribution is 2.11. The highest BCUT2D eigenvalue weighted by atomic mass is 32.2. The second-order valence-corrected chi connectivity index (χ2v) is 6.74. The van der Waals surface area contributed by atoms with Gasteiger partial charge in [-0.25, -0.2) is 17.9 Å². The number of ether oxygens (including phenoxy) is 1. The molecular formula is C17H22N2O5S. The van der Waals surface area contributed by atoms with E-state index >= 15 is 0 Å². The fourth-order valence-corrected chi connectivity index (χ4v) is 2.98. The molecule has 0 aliphatic carbocycles. The van der Waals surface area contributed by atoms with Crippen molar-refractivity contribution in [3.8, 4) is 0 Å². The number of benzene rings is 1. The van der Waals surface area contributed by atoms with Crippen LogP contribution < -0.4 is 4.72 Å². The molecule has 0 saturated carbocycles. The molecule has 0 heterocycles. The maximum Gasteiger partial charge on any atom is 0.338 e. The molecule has 25 heavy (non-hydrogen) atoms. The Morgan fingerprint density at radius 2 is 1.72 bits per heavy atom. The summed E-state index contributed by atoms with van der Waals surface area (Å²) in [6.45, 7) is 9.27. The van der Waals surface area contributed by atoms with Crippen LogP contribution in [-0.4, -0.2) is 51.4 Å². The topological polar surface area (TPSA) is 92.8 Å². The van der Waals surface area contributed by atoms with Crippen molar-refractivity contribution in [2.24, 2.45) is 0 Å². The van der Waals surface area contributed by atoms with Gasteiger partial charge in [0.25, 0.3) is 5.91 Å². The van der Waals surface area contributed by atoms with Crippen molar-refractivity contribution < 1.29 is 22.7 Å². The summed E-state index contributed by atoms with van der Waals surface area (Å²) in [4.78, 5) is 25.4. The van der Waals surface area contributed by atoms with Crippen LogP contribution in [0.2, 0.25) is 0 Å². The van der Waals surface area contributed by atoms with Crippen LogP contribution in [0.15, 0.2) is 54.5 Å². The lowest BCUT2D eigenvalue weighted by atomic mass is 10.2. The first-order chi connectivity index (χ1) is 11.9. The first-order valence-corrected chi connectivity index (χ1v) is 9.10. The number of amides is 1. The monoisotopic (exact) mass is 366 g/mol. The molecule has 0 aliphatic rings. The lowest BCUT2D eigenvalue weighted by molar-refractivity contribution is -0.133. The molecule has 7 nitrogen and oxygen atoms in total. The lowest BCUT2D eigenvalue weighted by Crippen LogP contribution is -2.35. The maximum absolute atomic E-state index is 12.0. The quantitative estimate of drug-likeness (QED) is 0.498. The van der Waals surface area contributed by atoms with E-state index in [0.717, 1.165) is 0 Å². The Hall–Kier alpha value is -2.45. The van der Waals surface area contributed by atoms with Crippen LogP contribution in [0.25, 0.3) is 0 Å². The first kappa shape index (κ1) is 20.6. The summed E-state index contributed by atoms with van der Waals surface area (Å²) in [6.07, 6.45) is 3.12. The van der Waals surface area contributed by atoms with Crippen molar-refractivity contribution >= 4 is 21.9 Å². The van der Waals surface area contributed by atoms with E-state index in [4.69, 9.17) is 4.74 Å². The van der Waals surface area contributed by atoms with Gasteiger partial charge in [0, 0.05) is 19.6 Å². The van der Waals surface area contributed by atoms with Crippen molar-refractivity contribution in [2.75, 3.05) is 26.2 Å². The molecule has 0 unspecified atom stereocenters. The van der Waals surface area contributed by atoms with Crippen molar-refractivity contribution in [1.29, 1.82) is 0 Å². The number of carbonyl (C=O) groups is 2. The average molecular weight is 366 g/mol. The third-order valence-corrected chi connectivity index (χ3v) is 4.67. The predicted molar refractivity (Wildman–Crippen MR) is 94.6 cm³/mol. The lowest BCUT2D eigenvalue weighted by Gasteiger charge is -2.18. The molecule has 0 radical (unpaired) electrons. The molecule has 0 bridgehead atoms. The predicted octanol–water partition coefficient (Wildman–Crippen LogP) is 1.34. The zero-order valence-electron chi connectivity index (χ0n) is 14.1. The van der Waals surface area contributed by atoms with Crippen LogP contribution in [0.3, 0.4) is 0 Å². The van der Waals surface area contributed by atoms with E-state index in [1.165, 1.54) is 29.2 Å². The van der Waals surface area contributed by atoms with Crippen LogP contribution in [0, 0.1) is 0 Å². The zero-order chi connectivity index (χ0) is 18.9. The van der Waals surface area contributed by atoms with E-state index in [-0.39, 0.29) is 22.9 Å². The van der Waals surface area contributed by atoms with Crippen LogP contribution in [0.5, 0.6) is 0 Å². The molecule has 1 aromatic rings. The van der Waals surface area contributed by atoms with Crippen molar-refractivity contribution in [1.82, 2.24) is 9.62 Å². The average Bonchev–Trinajstić information content (AvgIpc) is 2.59. The highest BCUT2D eigenvalue weighted by Gasteiger charge is 2.16. The summed E-state index contributed by atoms with van der Waals surface area (Å²) in [5, 5.41) is 0. The fraction of sp³-hybridized carbons (Fsp3) is 0.294. The second-order valence-electron chi connectivity index (χ2n) is 4.98. The zero-order valence-corrected chi connectivity index (χ0v) is 14.9. The standard InChI is InChI=1S/C17H22N2O5S/c1-4-11-19(12-5-2)16(20)13-24-17(21)14-7-9-15(10-8-14)25(22,23)18-6-3/h4-5,7-10,18H,1-2,6,11-13H2,3H3. The van der Waals surface area contributed by atoms with E-state index in [1.54, 1.807) is 19.1 Å². The molecule has 1 rings (SSSR count). The van der Waals surface area contributed by atoms with Gasteiger partial charge in [-0.3, -0.25) is 4.79 Å². The summed E-state index contributed by atoms with van der Waals surface area (Å²) < 4.78 is 31.0. The Balaban J connectivity index is 2.70. The molecule has 1 aromatic carbocycles. The van der Waals surface area contributed by atoms with Gasteiger partial charge < -0.3 is 9.64 Å². The minimum Gasteiger partial charge on any atom is -0.452 e. The number of rotatable bonds is 10. The van der Waals surface area contributed by atoms with Crippen LogP contribution >= 0.6 is 0 Å². The normalized spacial score (nSPS) is 10.8. The van der Waals surface area contributed by atoms with E-state index < -0.39 is 22.6 Å². The minimum absolute atomic E-state index is 0.0464. The molecule has 0 atom stereocenters. The van der Waals surface area contributed by atoms with Crippen molar-refractivity contribution in [3.63, 3.8) is 0 Å². The van der Waals surface area contributed by atoms with Gasteiger partial charge in [0.2, 0.25) is 10.0 Å². The molecule has 1 N–H and O–H groups in total. The van der Waals surface area contributed by atoms with E-state index in [1.807, 2.05) is 0 Å². The summed E-state index contributed by atoms with van der Waals surface area (Å²) in [7, 11) is -3.58. The first-order valence-electron chi connectivity index (χ1n) is 7.62. The van der Waals surface area contributed by atoms with E-state index in [9.17, 15) is 18.0 Å². The van der Waals surface area contributed by atoms with Gasteiger partial charge in [0.05, 0.1) is 10.5 Å². The van der Waals surface area contributed by atoms with Crippen LogP contribution in [-0.2, 0) is 19.6 Å². The van der Waals surface area contributed by atoms with Gasteiger partial charge >= 0.3 is 5.97 Å². The van der Waals surface area contributed by atoms with Crippen LogP contribution in [0.4, 0.5) is 0 Å². The summed E-state index contributed by atoms with van der Waals surface area (Å²) >= 11 is 0. The second kappa shape index (κ2) is 9.75. The van der Waals surface area contributed by atoms with Gasteiger partial charge in [-0.15, -0.1) is 13.2 Å². The number of carbonyl (C=O) groups excluding carboxylic acids is 2. The van der Waals surface area contributed by atoms with Crippen LogP contribution in [0.1, 0.15) is 17.3 Å². The third-order valence-electron chi connectivity index (χ3n) is 3.11. The highest BCUT2D eigenvalue weighted by molar-refractivity contribution is 7.89. The fourth-order valence-electron chi connectivity index (χ4n) is 1.94. The minimum atomic E-state index is -3.58. The Kier molecular flexibility index (Phi) is 8.03.